The first-order valence-corrected chi connectivity index (χ1v) is 4.51. The van der Waals surface area contributed by atoms with E-state index in [1.807, 2.05) is 0 Å². The highest BCUT2D eigenvalue weighted by atomic mass is 19.4. The molecule has 17 heavy (non-hydrogen) atoms. The molecule has 0 aliphatic carbocycles. The van der Waals surface area contributed by atoms with Crippen molar-refractivity contribution in [3.05, 3.63) is 54.5 Å². The highest BCUT2D eigenvalue weighted by molar-refractivity contribution is 5.93. The predicted octanol–water partition coefficient (Wildman–Crippen LogP) is 2.53. The van der Waals surface area contributed by atoms with Gasteiger partial charge in [0.15, 0.2) is 0 Å². The number of nitrogens with one attached hydrogen (secondary N) is 1. The number of amides is 1. The summed E-state index contributed by atoms with van der Waals surface area (Å²) in [6, 6.07) is 3.08. The second kappa shape index (κ2) is 4.82. The molecule has 0 saturated heterocycles. The van der Waals surface area contributed by atoms with E-state index in [0.29, 0.717) is 0 Å². The third-order valence-electron chi connectivity index (χ3n) is 1.79. The molecule has 1 amide bonds. The van der Waals surface area contributed by atoms with Crippen molar-refractivity contribution in [1.29, 1.82) is 0 Å². The van der Waals surface area contributed by atoms with E-state index in [-0.39, 0.29) is 11.4 Å². The molecule has 0 radical (unpaired) electrons. The molecule has 0 bridgehead atoms. The third-order valence-corrected chi connectivity index (χ3v) is 1.79. The van der Waals surface area contributed by atoms with Crippen LogP contribution in [-0.4, -0.2) is 10.9 Å². The van der Waals surface area contributed by atoms with Gasteiger partial charge in [-0.25, -0.2) is 4.98 Å². The van der Waals surface area contributed by atoms with Crippen molar-refractivity contribution in [2.75, 3.05) is 0 Å². The molecule has 1 aromatic rings. The van der Waals surface area contributed by atoms with Crippen molar-refractivity contribution < 1.29 is 18.0 Å². The van der Waals surface area contributed by atoms with E-state index in [1.165, 1.54) is 12.1 Å². The van der Waals surface area contributed by atoms with Gasteiger partial charge in [-0.05, 0) is 18.2 Å². The second-order valence-electron chi connectivity index (χ2n) is 3.09. The smallest absolute Gasteiger partial charge is 0.321 e. The number of pyridine rings is 1. The number of carbonyl (C=O) groups is 1. The highest BCUT2D eigenvalue weighted by Gasteiger charge is 2.32. The second-order valence-corrected chi connectivity index (χ2v) is 3.09. The molecular weight excluding hydrogens is 233 g/mol. The number of hydrogen-bond acceptors (Lipinski definition) is 2. The Labute approximate surface area is 95.7 Å². The zero-order chi connectivity index (χ0) is 13.1. The van der Waals surface area contributed by atoms with Crippen molar-refractivity contribution >= 4 is 5.91 Å². The van der Waals surface area contributed by atoms with Crippen LogP contribution in [0.2, 0.25) is 0 Å². The summed E-state index contributed by atoms with van der Waals surface area (Å²) >= 11 is 0. The van der Waals surface area contributed by atoms with Gasteiger partial charge in [0.05, 0.1) is 0 Å². The summed E-state index contributed by atoms with van der Waals surface area (Å²) in [4.78, 5) is 14.7. The van der Waals surface area contributed by atoms with Gasteiger partial charge in [-0.1, -0.05) is 19.2 Å². The number of halogens is 3. The minimum Gasteiger partial charge on any atom is -0.321 e. The molecule has 1 heterocycles. The molecule has 0 unspecified atom stereocenters. The molecule has 1 aromatic heterocycles. The first-order chi connectivity index (χ1) is 7.84. The number of carbonyl (C=O) groups excluding carboxylic acids is 1. The summed E-state index contributed by atoms with van der Waals surface area (Å²) in [5.74, 6) is -0.763. The number of rotatable bonds is 3. The minimum atomic E-state index is -4.58. The number of nitrogens with zero attached hydrogens (tertiary/aromatic N) is 1. The Morgan fingerprint density at radius 2 is 2.06 bits per heavy atom. The van der Waals surface area contributed by atoms with Crippen molar-refractivity contribution in [1.82, 2.24) is 10.3 Å². The van der Waals surface area contributed by atoms with Crippen molar-refractivity contribution in [3.63, 3.8) is 0 Å². The fourth-order valence-corrected chi connectivity index (χ4v) is 0.980. The topological polar surface area (TPSA) is 42.0 Å². The Balaban J connectivity index is 2.96. The van der Waals surface area contributed by atoms with E-state index in [2.05, 4.69) is 23.5 Å². The Morgan fingerprint density at radius 3 is 2.59 bits per heavy atom. The zero-order valence-corrected chi connectivity index (χ0v) is 8.71. The van der Waals surface area contributed by atoms with Crippen LogP contribution in [0.25, 0.3) is 0 Å². The molecule has 90 valence electrons. The van der Waals surface area contributed by atoms with Crippen LogP contribution in [0.1, 0.15) is 16.2 Å². The number of alkyl halides is 3. The van der Waals surface area contributed by atoms with Crippen LogP contribution in [0.4, 0.5) is 13.2 Å². The summed E-state index contributed by atoms with van der Waals surface area (Å²) < 4.78 is 37.0. The van der Waals surface area contributed by atoms with E-state index in [0.717, 1.165) is 12.1 Å². The summed E-state index contributed by atoms with van der Waals surface area (Å²) in [5, 5.41) is 2.24. The van der Waals surface area contributed by atoms with Gasteiger partial charge in [-0.2, -0.15) is 13.2 Å². The molecule has 0 aliphatic heterocycles. The monoisotopic (exact) mass is 242 g/mol. The lowest BCUT2D eigenvalue weighted by Crippen LogP contribution is -2.23. The van der Waals surface area contributed by atoms with Gasteiger partial charge in [0.1, 0.15) is 11.4 Å². The summed E-state index contributed by atoms with van der Waals surface area (Å²) in [5.41, 5.74) is -1.26. The van der Waals surface area contributed by atoms with Gasteiger partial charge in [-0.15, -0.1) is 0 Å². The molecule has 0 saturated carbocycles. The number of aromatic nitrogens is 1. The van der Waals surface area contributed by atoms with Gasteiger partial charge < -0.3 is 5.32 Å². The van der Waals surface area contributed by atoms with Crippen LogP contribution in [-0.2, 0) is 6.18 Å². The molecule has 1 N–H and O–H groups in total. The average molecular weight is 242 g/mol. The third kappa shape index (κ3) is 3.44. The van der Waals surface area contributed by atoms with Crippen molar-refractivity contribution in [2.45, 2.75) is 6.18 Å². The van der Waals surface area contributed by atoms with Gasteiger partial charge in [-0.3, -0.25) is 4.79 Å². The van der Waals surface area contributed by atoms with Crippen LogP contribution >= 0.6 is 0 Å². The average Bonchev–Trinajstić information content (AvgIpc) is 2.28. The highest BCUT2D eigenvalue weighted by Crippen LogP contribution is 2.27. The summed E-state index contributed by atoms with van der Waals surface area (Å²) in [7, 11) is 0. The fourth-order valence-electron chi connectivity index (χ4n) is 0.980. The van der Waals surface area contributed by atoms with Gasteiger partial charge in [0, 0.05) is 5.70 Å². The van der Waals surface area contributed by atoms with Crippen LogP contribution in [0, 0.1) is 0 Å². The molecule has 6 heteroatoms. The Bertz CT molecular complexity index is 466. The first-order valence-electron chi connectivity index (χ1n) is 4.51. The first kappa shape index (κ1) is 13.0. The molecule has 0 aliphatic rings. The lowest BCUT2D eigenvalue weighted by Gasteiger charge is -2.08. The standard InChI is InChI=1S/C11H9F3N2O/c1-3-7(2)15-10(17)8-5-4-6-9(16-8)11(12,13)14/h3-6H,1-2H2,(H,15,17). The molecule has 1 rings (SSSR count). The van der Waals surface area contributed by atoms with Crippen molar-refractivity contribution in [3.8, 4) is 0 Å². The van der Waals surface area contributed by atoms with E-state index >= 15 is 0 Å². The molecule has 0 aromatic carbocycles. The van der Waals surface area contributed by atoms with E-state index < -0.39 is 17.8 Å². The molecule has 3 nitrogen and oxygen atoms in total. The van der Waals surface area contributed by atoms with Crippen LogP contribution in [0.15, 0.2) is 43.1 Å². The normalized spacial score (nSPS) is 10.8. The molecular formula is C11H9F3N2O. The van der Waals surface area contributed by atoms with Crippen LogP contribution in [0.3, 0.4) is 0 Å². The maximum Gasteiger partial charge on any atom is 0.433 e. The molecule has 0 fully saturated rings. The molecule has 0 spiro atoms. The Kier molecular flexibility index (Phi) is 3.67. The van der Waals surface area contributed by atoms with Crippen LogP contribution < -0.4 is 5.32 Å². The van der Waals surface area contributed by atoms with E-state index in [9.17, 15) is 18.0 Å². The predicted molar refractivity (Wildman–Crippen MR) is 56.0 cm³/mol. The van der Waals surface area contributed by atoms with Gasteiger partial charge in [0.25, 0.3) is 5.91 Å². The fraction of sp³-hybridized carbons (Fsp3) is 0.0909. The SMILES string of the molecule is C=CC(=C)NC(=O)c1cccc(C(F)(F)F)n1. The maximum atomic E-state index is 12.3. The number of allylic oxidation sites excluding steroid dienone is 1. The summed E-state index contributed by atoms with van der Waals surface area (Å²) in [6.07, 6.45) is -3.31. The number of hydrogen-bond donors (Lipinski definition) is 1. The van der Waals surface area contributed by atoms with E-state index in [1.54, 1.807) is 0 Å². The quantitative estimate of drug-likeness (QED) is 0.827. The Hall–Kier alpha value is -2.11. The maximum absolute atomic E-state index is 12.3. The molecule has 0 atom stereocenters. The van der Waals surface area contributed by atoms with E-state index in [4.69, 9.17) is 0 Å². The zero-order valence-electron chi connectivity index (χ0n) is 8.71. The van der Waals surface area contributed by atoms with Gasteiger partial charge >= 0.3 is 6.18 Å². The summed E-state index contributed by atoms with van der Waals surface area (Å²) in [6.45, 7) is 6.76. The lowest BCUT2D eigenvalue weighted by molar-refractivity contribution is -0.141. The van der Waals surface area contributed by atoms with Gasteiger partial charge in [0.2, 0.25) is 0 Å². The van der Waals surface area contributed by atoms with Crippen LogP contribution in [0.5, 0.6) is 0 Å². The minimum absolute atomic E-state index is 0.189. The largest absolute Gasteiger partial charge is 0.433 e. The van der Waals surface area contributed by atoms with Crippen molar-refractivity contribution in [2.24, 2.45) is 0 Å². The Morgan fingerprint density at radius 1 is 1.41 bits per heavy atom. The lowest BCUT2D eigenvalue weighted by atomic mass is 10.2.